The summed E-state index contributed by atoms with van der Waals surface area (Å²) in [6, 6.07) is 18.5. The lowest BCUT2D eigenvalue weighted by Crippen LogP contribution is -2.35. The van der Waals surface area contributed by atoms with Gasteiger partial charge in [-0.25, -0.2) is 4.68 Å². The Morgan fingerprint density at radius 1 is 1.12 bits per heavy atom. The van der Waals surface area contributed by atoms with Crippen LogP contribution in [0.4, 0.5) is 0 Å². The van der Waals surface area contributed by atoms with Gasteiger partial charge in [-0.15, -0.1) is 5.10 Å². The largest absolute Gasteiger partial charge is 0.322 e. The monoisotopic (exact) mass is 442 g/mol. The Hall–Kier alpha value is -3.32. The van der Waals surface area contributed by atoms with Gasteiger partial charge < -0.3 is 4.98 Å². The van der Waals surface area contributed by atoms with Crippen molar-refractivity contribution in [3.8, 4) is 0 Å². The number of H-pyrrole nitrogens is 1. The number of benzene rings is 2. The van der Waals surface area contributed by atoms with Crippen LogP contribution in [0.15, 0.2) is 59.4 Å². The lowest BCUT2D eigenvalue weighted by molar-refractivity contribution is 0.210. The van der Waals surface area contributed by atoms with E-state index in [1.54, 1.807) is 0 Å². The van der Waals surface area contributed by atoms with Crippen molar-refractivity contribution in [2.24, 2.45) is 0 Å². The summed E-state index contributed by atoms with van der Waals surface area (Å²) < 4.78 is 1.98. The zero-order valence-corrected chi connectivity index (χ0v) is 19.2. The summed E-state index contributed by atoms with van der Waals surface area (Å²) in [6.07, 6.45) is 4.52. The molecule has 0 amide bonds. The Kier molecular flexibility index (Phi) is 6.05. The van der Waals surface area contributed by atoms with Crippen LogP contribution < -0.4 is 5.56 Å². The molecule has 2 aromatic heterocycles. The van der Waals surface area contributed by atoms with Crippen LogP contribution in [0.25, 0.3) is 10.9 Å². The smallest absolute Gasteiger partial charge is 0.253 e. The van der Waals surface area contributed by atoms with E-state index in [2.05, 4.69) is 56.6 Å². The summed E-state index contributed by atoms with van der Waals surface area (Å²) in [4.78, 5) is 18.8. The fourth-order valence-corrected chi connectivity index (χ4v) is 5.03. The van der Waals surface area contributed by atoms with Crippen LogP contribution in [-0.2, 0) is 6.54 Å². The SMILES string of the molecule is CCN(Cc1ccccc1)[C@@H](c1cc2ccc(C)cc2[nH]c1=O)c1nnnn1C1CCCC1. The summed E-state index contributed by atoms with van der Waals surface area (Å²) in [6.45, 7) is 5.61. The molecule has 2 aromatic carbocycles. The molecule has 0 saturated heterocycles. The maximum Gasteiger partial charge on any atom is 0.253 e. The highest BCUT2D eigenvalue weighted by atomic mass is 16.1. The number of rotatable bonds is 7. The first-order chi connectivity index (χ1) is 16.1. The Morgan fingerprint density at radius 3 is 2.67 bits per heavy atom. The predicted octanol–water partition coefficient (Wildman–Crippen LogP) is 4.55. The average molecular weight is 443 g/mol. The molecule has 1 aliphatic carbocycles. The van der Waals surface area contributed by atoms with Crippen LogP contribution in [0, 0.1) is 6.92 Å². The molecule has 1 fully saturated rings. The van der Waals surface area contributed by atoms with Gasteiger partial charge in [-0.1, -0.05) is 62.2 Å². The van der Waals surface area contributed by atoms with Crippen LogP contribution >= 0.6 is 0 Å². The molecule has 5 rings (SSSR count). The summed E-state index contributed by atoms with van der Waals surface area (Å²) >= 11 is 0. The highest BCUT2D eigenvalue weighted by molar-refractivity contribution is 5.79. The van der Waals surface area contributed by atoms with Crippen molar-refractivity contribution in [2.45, 2.75) is 58.2 Å². The van der Waals surface area contributed by atoms with E-state index in [0.717, 1.165) is 41.7 Å². The molecule has 7 nitrogen and oxygen atoms in total. The molecular formula is C26H30N6O. The van der Waals surface area contributed by atoms with Crippen molar-refractivity contribution < 1.29 is 0 Å². The maximum atomic E-state index is 13.4. The first kappa shape index (κ1) is 21.5. The number of aromatic amines is 1. The van der Waals surface area contributed by atoms with Crippen LogP contribution in [0.2, 0.25) is 0 Å². The molecule has 1 N–H and O–H groups in total. The lowest BCUT2D eigenvalue weighted by atomic mass is 10.0. The summed E-state index contributed by atoms with van der Waals surface area (Å²) in [5.74, 6) is 0.747. The lowest BCUT2D eigenvalue weighted by Gasteiger charge is -2.30. The molecule has 0 radical (unpaired) electrons. The molecule has 1 aliphatic rings. The third kappa shape index (κ3) is 4.33. The van der Waals surface area contributed by atoms with Gasteiger partial charge in [0.25, 0.3) is 5.56 Å². The minimum atomic E-state index is -0.347. The number of hydrogen-bond donors (Lipinski definition) is 1. The summed E-state index contributed by atoms with van der Waals surface area (Å²) in [5, 5.41) is 14.0. The van der Waals surface area contributed by atoms with Gasteiger partial charge in [-0.05, 0) is 65.4 Å². The number of aromatic nitrogens is 5. The van der Waals surface area contributed by atoms with Gasteiger partial charge in [-0.3, -0.25) is 9.69 Å². The van der Waals surface area contributed by atoms with Gasteiger partial charge >= 0.3 is 0 Å². The highest BCUT2D eigenvalue weighted by Gasteiger charge is 2.32. The van der Waals surface area contributed by atoms with Gasteiger partial charge in [0, 0.05) is 17.6 Å². The molecule has 1 atom stereocenters. The normalized spacial score (nSPS) is 15.5. The van der Waals surface area contributed by atoms with Crippen molar-refractivity contribution in [2.75, 3.05) is 6.54 Å². The van der Waals surface area contributed by atoms with Crippen LogP contribution in [0.1, 0.15) is 67.2 Å². The van der Waals surface area contributed by atoms with Gasteiger partial charge in [0.2, 0.25) is 0 Å². The number of nitrogens with one attached hydrogen (secondary N) is 1. The number of nitrogens with zero attached hydrogens (tertiary/aromatic N) is 5. The van der Waals surface area contributed by atoms with Gasteiger partial charge in [0.1, 0.15) is 6.04 Å². The zero-order valence-electron chi connectivity index (χ0n) is 19.2. The molecule has 4 aromatic rings. The number of fused-ring (bicyclic) bond motifs is 1. The molecular weight excluding hydrogens is 412 g/mol. The van der Waals surface area contributed by atoms with E-state index in [0.29, 0.717) is 12.1 Å². The second-order valence-electron chi connectivity index (χ2n) is 9.02. The van der Waals surface area contributed by atoms with Gasteiger partial charge in [0.15, 0.2) is 5.82 Å². The third-order valence-corrected chi connectivity index (χ3v) is 6.76. The molecule has 2 heterocycles. The molecule has 0 bridgehead atoms. The van der Waals surface area contributed by atoms with Gasteiger partial charge in [-0.2, -0.15) is 0 Å². The summed E-state index contributed by atoms with van der Waals surface area (Å²) in [5.41, 5.74) is 3.75. The minimum absolute atomic E-state index is 0.0921. The zero-order chi connectivity index (χ0) is 22.8. The standard InChI is InChI=1S/C26H30N6O/c1-3-31(17-19-9-5-4-6-10-19)24(25-28-29-30-32(25)21-11-7-8-12-21)22-16-20-14-13-18(2)15-23(20)27-26(22)33/h4-6,9-10,13-16,21,24H,3,7-8,11-12,17H2,1-2H3,(H,27,33)/t24-/m0/s1. The van der Waals surface area contributed by atoms with E-state index in [4.69, 9.17) is 0 Å². The van der Waals surface area contributed by atoms with E-state index < -0.39 is 0 Å². The van der Waals surface area contributed by atoms with Crippen molar-refractivity contribution in [1.82, 2.24) is 30.1 Å². The third-order valence-electron chi connectivity index (χ3n) is 6.76. The topological polar surface area (TPSA) is 79.7 Å². The minimum Gasteiger partial charge on any atom is -0.322 e. The summed E-state index contributed by atoms with van der Waals surface area (Å²) in [7, 11) is 0. The van der Waals surface area contributed by atoms with Crippen molar-refractivity contribution in [1.29, 1.82) is 0 Å². The van der Waals surface area contributed by atoms with Crippen molar-refractivity contribution in [3.05, 3.63) is 87.5 Å². The Labute approximate surface area is 193 Å². The van der Waals surface area contributed by atoms with Crippen molar-refractivity contribution in [3.63, 3.8) is 0 Å². The van der Waals surface area contributed by atoms with Crippen LogP contribution in [-0.4, -0.2) is 36.6 Å². The second-order valence-corrected chi connectivity index (χ2v) is 9.02. The fraction of sp³-hybridized carbons (Fsp3) is 0.385. The number of pyridine rings is 1. The van der Waals surface area contributed by atoms with E-state index >= 15 is 0 Å². The first-order valence-electron chi connectivity index (χ1n) is 11.8. The Bertz CT molecular complexity index is 1290. The average Bonchev–Trinajstić information content (AvgIpc) is 3.52. The highest BCUT2D eigenvalue weighted by Crippen LogP contribution is 2.34. The first-order valence-corrected chi connectivity index (χ1v) is 11.8. The molecule has 33 heavy (non-hydrogen) atoms. The van der Waals surface area contributed by atoms with Crippen LogP contribution in [0.5, 0.6) is 0 Å². The number of hydrogen-bond acceptors (Lipinski definition) is 5. The Balaban J connectivity index is 1.65. The van der Waals surface area contributed by atoms with Crippen molar-refractivity contribution >= 4 is 10.9 Å². The Morgan fingerprint density at radius 2 is 1.91 bits per heavy atom. The number of tetrazole rings is 1. The predicted molar refractivity (Wildman–Crippen MR) is 129 cm³/mol. The van der Waals surface area contributed by atoms with E-state index in [-0.39, 0.29) is 17.6 Å². The second kappa shape index (κ2) is 9.27. The maximum absolute atomic E-state index is 13.4. The fourth-order valence-electron chi connectivity index (χ4n) is 5.03. The molecule has 170 valence electrons. The van der Waals surface area contributed by atoms with E-state index in [9.17, 15) is 4.79 Å². The molecule has 7 heteroatoms. The van der Waals surface area contributed by atoms with Crippen LogP contribution in [0.3, 0.4) is 0 Å². The number of aryl methyl sites for hydroxylation is 1. The molecule has 1 saturated carbocycles. The van der Waals surface area contributed by atoms with Gasteiger partial charge in [0.05, 0.1) is 6.04 Å². The quantitative estimate of drug-likeness (QED) is 0.454. The van der Waals surface area contributed by atoms with E-state index in [1.165, 1.54) is 18.4 Å². The molecule has 0 aliphatic heterocycles. The molecule has 0 unspecified atom stereocenters. The van der Waals surface area contributed by atoms with E-state index in [1.807, 2.05) is 41.9 Å². The molecule has 0 spiro atoms.